The first kappa shape index (κ1) is 18.7. The molecule has 0 fully saturated rings. The van der Waals surface area contributed by atoms with Gasteiger partial charge in [0.1, 0.15) is 5.75 Å². The molecule has 0 aliphatic carbocycles. The number of para-hydroxylation sites is 2. The summed E-state index contributed by atoms with van der Waals surface area (Å²) >= 11 is 1.78. The van der Waals surface area contributed by atoms with Gasteiger partial charge in [-0.1, -0.05) is 36.0 Å². The van der Waals surface area contributed by atoms with Gasteiger partial charge in [0.2, 0.25) is 0 Å². The molecular formula is C23H24N2O2S. The molecule has 0 saturated heterocycles. The van der Waals surface area contributed by atoms with Crippen LogP contribution in [0.25, 0.3) is 0 Å². The van der Waals surface area contributed by atoms with E-state index in [2.05, 4.69) is 46.6 Å². The predicted octanol–water partition coefficient (Wildman–Crippen LogP) is 5.16. The van der Waals surface area contributed by atoms with Crippen molar-refractivity contribution in [3.05, 3.63) is 72.8 Å². The molecule has 5 heteroatoms. The zero-order chi connectivity index (χ0) is 19.3. The van der Waals surface area contributed by atoms with E-state index < -0.39 is 6.10 Å². The molecule has 28 heavy (non-hydrogen) atoms. The Balaban J connectivity index is 1.45. The standard InChI is InChI=1S/C23H24N2O2S/c1-2-27-19-13-11-17(12-14-19)24-15-18(26)16-25-20-7-3-5-9-22(20)28-23-10-6-4-8-21(23)25/h3-14,18,24,26H,2,15-16H2,1H3/t18-/m1/s1. The molecule has 0 spiro atoms. The number of hydrogen-bond donors (Lipinski definition) is 2. The number of nitrogens with zero attached hydrogens (tertiary/aromatic N) is 1. The van der Waals surface area contributed by atoms with Gasteiger partial charge in [0, 0.05) is 22.0 Å². The molecule has 0 saturated carbocycles. The van der Waals surface area contributed by atoms with E-state index in [0.29, 0.717) is 19.7 Å². The van der Waals surface area contributed by atoms with Crippen molar-refractivity contribution >= 4 is 28.8 Å². The Kier molecular flexibility index (Phi) is 5.74. The molecule has 2 N–H and O–H groups in total. The minimum absolute atomic E-state index is 0.474. The van der Waals surface area contributed by atoms with Crippen LogP contribution in [0.3, 0.4) is 0 Å². The van der Waals surface area contributed by atoms with Crippen molar-refractivity contribution in [2.24, 2.45) is 0 Å². The number of rotatable bonds is 7. The van der Waals surface area contributed by atoms with Crippen LogP contribution in [-0.4, -0.2) is 30.9 Å². The van der Waals surface area contributed by atoms with Crippen LogP contribution in [0.4, 0.5) is 17.1 Å². The fourth-order valence-corrected chi connectivity index (χ4v) is 4.42. The number of benzene rings is 3. The van der Waals surface area contributed by atoms with Gasteiger partial charge < -0.3 is 20.1 Å². The lowest BCUT2D eigenvalue weighted by Gasteiger charge is -2.34. The Morgan fingerprint density at radius 3 is 2.14 bits per heavy atom. The van der Waals surface area contributed by atoms with E-state index in [1.165, 1.54) is 9.79 Å². The first-order valence-electron chi connectivity index (χ1n) is 9.53. The fourth-order valence-electron chi connectivity index (χ4n) is 3.32. The van der Waals surface area contributed by atoms with Gasteiger partial charge >= 0.3 is 0 Å². The maximum atomic E-state index is 10.7. The van der Waals surface area contributed by atoms with Gasteiger partial charge in [-0.2, -0.15) is 0 Å². The summed E-state index contributed by atoms with van der Waals surface area (Å²) in [7, 11) is 0. The fraction of sp³-hybridized carbons (Fsp3) is 0.217. The Morgan fingerprint density at radius 2 is 1.54 bits per heavy atom. The lowest BCUT2D eigenvalue weighted by atomic mass is 10.2. The van der Waals surface area contributed by atoms with Gasteiger partial charge in [0.25, 0.3) is 0 Å². The number of nitrogens with one attached hydrogen (secondary N) is 1. The normalized spacial score (nSPS) is 13.4. The highest BCUT2D eigenvalue weighted by atomic mass is 32.2. The lowest BCUT2D eigenvalue weighted by Crippen LogP contribution is -2.34. The maximum Gasteiger partial charge on any atom is 0.119 e. The molecule has 3 aromatic rings. The van der Waals surface area contributed by atoms with Crippen molar-refractivity contribution in [3.8, 4) is 5.75 Å². The third kappa shape index (κ3) is 4.11. The van der Waals surface area contributed by atoms with Crippen LogP contribution in [0, 0.1) is 0 Å². The zero-order valence-electron chi connectivity index (χ0n) is 15.8. The minimum atomic E-state index is -0.518. The quantitative estimate of drug-likeness (QED) is 0.581. The summed E-state index contributed by atoms with van der Waals surface area (Å²) < 4.78 is 5.47. The largest absolute Gasteiger partial charge is 0.494 e. The van der Waals surface area contributed by atoms with Crippen LogP contribution in [-0.2, 0) is 0 Å². The number of aliphatic hydroxyl groups excluding tert-OH is 1. The second-order valence-electron chi connectivity index (χ2n) is 6.64. The van der Waals surface area contributed by atoms with Gasteiger partial charge in [-0.3, -0.25) is 0 Å². The van der Waals surface area contributed by atoms with Crippen molar-refractivity contribution in [1.29, 1.82) is 0 Å². The second-order valence-corrected chi connectivity index (χ2v) is 7.72. The molecule has 0 radical (unpaired) electrons. The van der Waals surface area contributed by atoms with Crippen LogP contribution in [0.2, 0.25) is 0 Å². The number of hydrogen-bond acceptors (Lipinski definition) is 5. The summed E-state index contributed by atoms with van der Waals surface area (Å²) in [5.41, 5.74) is 3.26. The molecule has 1 heterocycles. The number of fused-ring (bicyclic) bond motifs is 2. The van der Waals surface area contributed by atoms with E-state index in [1.807, 2.05) is 43.3 Å². The van der Waals surface area contributed by atoms with E-state index in [9.17, 15) is 5.11 Å². The number of aliphatic hydroxyl groups is 1. The minimum Gasteiger partial charge on any atom is -0.494 e. The van der Waals surface area contributed by atoms with Crippen LogP contribution < -0.4 is 15.0 Å². The molecule has 4 rings (SSSR count). The highest BCUT2D eigenvalue weighted by Gasteiger charge is 2.24. The molecular weight excluding hydrogens is 368 g/mol. The third-order valence-electron chi connectivity index (χ3n) is 4.63. The highest BCUT2D eigenvalue weighted by Crippen LogP contribution is 2.47. The Bertz CT molecular complexity index is 884. The Hall–Kier alpha value is -2.63. The summed E-state index contributed by atoms with van der Waals surface area (Å²) in [6.45, 7) is 3.63. The number of ether oxygens (including phenoxy) is 1. The first-order chi connectivity index (χ1) is 13.7. The summed E-state index contributed by atoms with van der Waals surface area (Å²) in [6.07, 6.45) is -0.518. The van der Waals surface area contributed by atoms with Crippen LogP contribution >= 0.6 is 11.8 Å². The maximum absolute atomic E-state index is 10.7. The predicted molar refractivity (Wildman–Crippen MR) is 116 cm³/mol. The molecule has 3 aromatic carbocycles. The van der Waals surface area contributed by atoms with Gasteiger partial charge in [-0.25, -0.2) is 0 Å². The molecule has 1 aliphatic rings. The second kappa shape index (κ2) is 8.59. The average Bonchev–Trinajstić information content (AvgIpc) is 2.73. The van der Waals surface area contributed by atoms with Gasteiger partial charge in [-0.15, -0.1) is 0 Å². The molecule has 0 aromatic heterocycles. The van der Waals surface area contributed by atoms with E-state index >= 15 is 0 Å². The highest BCUT2D eigenvalue weighted by molar-refractivity contribution is 7.99. The summed E-state index contributed by atoms with van der Waals surface area (Å²) in [6, 6.07) is 24.5. The topological polar surface area (TPSA) is 44.7 Å². The summed E-state index contributed by atoms with van der Waals surface area (Å²) in [4.78, 5) is 4.65. The van der Waals surface area contributed by atoms with E-state index in [4.69, 9.17) is 4.74 Å². The molecule has 4 nitrogen and oxygen atoms in total. The molecule has 0 unspecified atom stereocenters. The molecule has 1 atom stereocenters. The molecule has 144 valence electrons. The van der Waals surface area contributed by atoms with Crippen molar-refractivity contribution in [2.45, 2.75) is 22.8 Å². The molecule has 1 aliphatic heterocycles. The van der Waals surface area contributed by atoms with Gasteiger partial charge in [-0.05, 0) is 55.5 Å². The van der Waals surface area contributed by atoms with Crippen molar-refractivity contribution < 1.29 is 9.84 Å². The zero-order valence-corrected chi connectivity index (χ0v) is 16.7. The Morgan fingerprint density at radius 1 is 0.929 bits per heavy atom. The average molecular weight is 393 g/mol. The molecule has 0 bridgehead atoms. The monoisotopic (exact) mass is 392 g/mol. The Labute approximate surface area is 170 Å². The third-order valence-corrected chi connectivity index (χ3v) is 5.76. The lowest BCUT2D eigenvalue weighted by molar-refractivity contribution is 0.195. The summed E-state index contributed by atoms with van der Waals surface area (Å²) in [5, 5.41) is 14.0. The van der Waals surface area contributed by atoms with E-state index in [1.54, 1.807) is 11.8 Å². The van der Waals surface area contributed by atoms with E-state index in [-0.39, 0.29) is 0 Å². The van der Waals surface area contributed by atoms with Crippen LogP contribution in [0.1, 0.15) is 6.92 Å². The smallest absolute Gasteiger partial charge is 0.119 e. The summed E-state index contributed by atoms with van der Waals surface area (Å²) in [5.74, 6) is 0.854. The van der Waals surface area contributed by atoms with E-state index in [0.717, 1.165) is 22.8 Å². The van der Waals surface area contributed by atoms with Crippen LogP contribution in [0.5, 0.6) is 5.75 Å². The SMILES string of the molecule is CCOc1ccc(NC[C@@H](O)CN2c3ccccc3Sc3ccccc32)cc1. The number of β-amino-alcohol motifs (C(OH)–C–C–N with tert-alkyl or cyclic N) is 1. The van der Waals surface area contributed by atoms with Gasteiger partial charge in [0.05, 0.1) is 30.6 Å². The number of anilines is 3. The van der Waals surface area contributed by atoms with Crippen LogP contribution in [0.15, 0.2) is 82.6 Å². The molecule has 0 amide bonds. The van der Waals surface area contributed by atoms with Crippen molar-refractivity contribution in [3.63, 3.8) is 0 Å². The van der Waals surface area contributed by atoms with Crippen molar-refractivity contribution in [1.82, 2.24) is 0 Å². The van der Waals surface area contributed by atoms with Crippen molar-refractivity contribution in [2.75, 3.05) is 29.9 Å². The first-order valence-corrected chi connectivity index (χ1v) is 10.3. The van der Waals surface area contributed by atoms with Gasteiger partial charge in [0.15, 0.2) is 0 Å².